The fourth-order valence-corrected chi connectivity index (χ4v) is 3.69. The number of benzene rings is 2. The van der Waals surface area contributed by atoms with Crippen molar-refractivity contribution in [1.82, 2.24) is 18.9 Å². The molecule has 5 nitrogen and oxygen atoms in total. The molecular formula is C22H26Cl2N4O. The zero-order valence-electron chi connectivity index (χ0n) is 16.8. The molecule has 0 unspecified atom stereocenters. The molecule has 154 valence electrons. The van der Waals surface area contributed by atoms with Crippen LogP contribution in [-0.2, 0) is 7.05 Å². The Labute approximate surface area is 183 Å². The van der Waals surface area contributed by atoms with Gasteiger partial charge in [0.2, 0.25) is 5.78 Å². The molecule has 0 saturated carbocycles. The minimum Gasteiger partial charge on any atom is -0.313 e. The number of rotatable bonds is 6. The SMILES string of the molecule is CCN(CC)CC(=O)c1c(-c2ccccc2)nc2n(C)c3ccccc3n12.Cl.Cl. The zero-order chi connectivity index (χ0) is 19.0. The van der Waals surface area contributed by atoms with E-state index in [0.717, 1.165) is 41.2 Å². The van der Waals surface area contributed by atoms with Gasteiger partial charge in [0.1, 0.15) is 11.4 Å². The maximum Gasteiger partial charge on any atom is 0.215 e. The second kappa shape index (κ2) is 9.44. The number of likely N-dealkylation sites (N-methyl/N-ethyl adjacent to an activating group) is 1. The summed E-state index contributed by atoms with van der Waals surface area (Å²) < 4.78 is 4.07. The predicted molar refractivity (Wildman–Crippen MR) is 124 cm³/mol. The lowest BCUT2D eigenvalue weighted by Crippen LogP contribution is -2.30. The summed E-state index contributed by atoms with van der Waals surface area (Å²) in [5.41, 5.74) is 4.46. The van der Waals surface area contributed by atoms with E-state index in [4.69, 9.17) is 4.98 Å². The van der Waals surface area contributed by atoms with Crippen molar-refractivity contribution in [3.05, 3.63) is 60.3 Å². The number of halogens is 2. The number of carbonyl (C=O) groups is 1. The molecule has 0 radical (unpaired) electrons. The van der Waals surface area contributed by atoms with E-state index in [1.165, 1.54) is 0 Å². The summed E-state index contributed by atoms with van der Waals surface area (Å²) in [6.45, 7) is 6.25. The summed E-state index contributed by atoms with van der Waals surface area (Å²) >= 11 is 0. The molecule has 0 aliphatic heterocycles. The summed E-state index contributed by atoms with van der Waals surface area (Å²) in [6.07, 6.45) is 0. The lowest BCUT2D eigenvalue weighted by molar-refractivity contribution is 0.0932. The third-order valence-electron chi connectivity index (χ3n) is 5.22. The largest absolute Gasteiger partial charge is 0.313 e. The second-order valence-electron chi connectivity index (χ2n) is 6.74. The van der Waals surface area contributed by atoms with Crippen molar-refractivity contribution in [2.75, 3.05) is 19.6 Å². The summed E-state index contributed by atoms with van der Waals surface area (Å²) in [4.78, 5) is 20.4. The van der Waals surface area contributed by atoms with E-state index in [2.05, 4.69) is 29.4 Å². The van der Waals surface area contributed by atoms with E-state index in [1.54, 1.807) is 0 Å². The van der Waals surface area contributed by atoms with Crippen LogP contribution in [0, 0.1) is 0 Å². The molecule has 0 aliphatic rings. The fraction of sp³-hybridized carbons (Fsp3) is 0.273. The first-order valence-corrected chi connectivity index (χ1v) is 9.42. The summed E-state index contributed by atoms with van der Waals surface area (Å²) in [7, 11) is 2.00. The molecule has 0 fully saturated rings. The number of aromatic nitrogens is 3. The van der Waals surface area contributed by atoms with E-state index < -0.39 is 0 Å². The van der Waals surface area contributed by atoms with Gasteiger partial charge >= 0.3 is 0 Å². The van der Waals surface area contributed by atoms with Crippen LogP contribution in [0.25, 0.3) is 28.1 Å². The molecule has 29 heavy (non-hydrogen) atoms. The highest BCUT2D eigenvalue weighted by Gasteiger charge is 2.25. The zero-order valence-corrected chi connectivity index (χ0v) is 18.5. The number of Topliss-reactive ketones (excluding diaryl/α,β-unsaturated/α-hetero) is 1. The first-order chi connectivity index (χ1) is 13.2. The Kier molecular flexibility index (Phi) is 7.47. The number of aryl methyl sites for hydroxylation is 1. The molecule has 0 atom stereocenters. The van der Waals surface area contributed by atoms with Gasteiger partial charge in [-0.25, -0.2) is 4.98 Å². The van der Waals surface area contributed by atoms with Crippen molar-refractivity contribution < 1.29 is 4.79 Å². The highest BCUT2D eigenvalue weighted by Crippen LogP contribution is 2.29. The number of hydrogen-bond acceptors (Lipinski definition) is 3. The Balaban J connectivity index is 0.00000150. The molecule has 2 heterocycles. The number of fused-ring (bicyclic) bond motifs is 3. The minimum atomic E-state index is 0. The molecule has 2 aromatic carbocycles. The number of nitrogens with zero attached hydrogens (tertiary/aromatic N) is 4. The molecule has 0 N–H and O–H groups in total. The van der Waals surface area contributed by atoms with Gasteiger partial charge in [-0.1, -0.05) is 56.3 Å². The van der Waals surface area contributed by atoms with E-state index in [-0.39, 0.29) is 30.6 Å². The first kappa shape index (κ1) is 22.9. The van der Waals surface area contributed by atoms with Crippen LogP contribution >= 0.6 is 24.8 Å². The summed E-state index contributed by atoms with van der Waals surface area (Å²) in [6, 6.07) is 18.1. The third kappa shape index (κ3) is 3.90. The van der Waals surface area contributed by atoms with E-state index in [0.29, 0.717) is 12.2 Å². The van der Waals surface area contributed by atoms with Gasteiger partial charge in [-0.3, -0.25) is 14.1 Å². The van der Waals surface area contributed by atoms with E-state index in [9.17, 15) is 4.79 Å². The molecule has 0 saturated heterocycles. The Morgan fingerprint density at radius 2 is 1.52 bits per heavy atom. The van der Waals surface area contributed by atoms with Crippen LogP contribution in [0.3, 0.4) is 0 Å². The third-order valence-corrected chi connectivity index (χ3v) is 5.22. The molecule has 4 aromatic rings. The number of hydrogen-bond donors (Lipinski definition) is 0. The van der Waals surface area contributed by atoms with Gasteiger partial charge in [0.05, 0.1) is 17.6 Å². The molecular weight excluding hydrogens is 407 g/mol. The Morgan fingerprint density at radius 1 is 0.931 bits per heavy atom. The lowest BCUT2D eigenvalue weighted by Gasteiger charge is -2.17. The Hall–Kier alpha value is -2.34. The summed E-state index contributed by atoms with van der Waals surface area (Å²) in [5.74, 6) is 0.888. The van der Waals surface area contributed by atoms with Crippen molar-refractivity contribution in [3.8, 4) is 11.3 Å². The lowest BCUT2D eigenvalue weighted by atomic mass is 10.1. The summed E-state index contributed by atoms with van der Waals surface area (Å²) in [5, 5.41) is 0. The molecule has 0 bridgehead atoms. The molecule has 0 aliphatic carbocycles. The quantitative estimate of drug-likeness (QED) is 0.408. The number of ketones is 1. The van der Waals surface area contributed by atoms with E-state index >= 15 is 0 Å². The molecule has 7 heteroatoms. The van der Waals surface area contributed by atoms with Crippen molar-refractivity contribution in [2.45, 2.75) is 13.8 Å². The average molecular weight is 433 g/mol. The number of imidazole rings is 2. The predicted octanol–water partition coefficient (Wildman–Crippen LogP) is 4.86. The van der Waals surface area contributed by atoms with Crippen LogP contribution in [0.2, 0.25) is 0 Å². The van der Waals surface area contributed by atoms with Gasteiger partial charge in [0.15, 0.2) is 5.78 Å². The molecule has 4 rings (SSSR count). The maximum absolute atomic E-state index is 13.4. The van der Waals surface area contributed by atoms with Gasteiger partial charge in [-0.15, -0.1) is 24.8 Å². The van der Waals surface area contributed by atoms with Gasteiger partial charge in [0.25, 0.3) is 0 Å². The normalized spacial score (nSPS) is 10.9. The van der Waals surface area contributed by atoms with Gasteiger partial charge in [-0.2, -0.15) is 0 Å². The van der Waals surface area contributed by atoms with Crippen molar-refractivity contribution in [1.29, 1.82) is 0 Å². The number of carbonyl (C=O) groups excluding carboxylic acids is 1. The topological polar surface area (TPSA) is 42.5 Å². The Morgan fingerprint density at radius 3 is 2.14 bits per heavy atom. The van der Waals surface area contributed by atoms with Gasteiger partial charge in [-0.05, 0) is 25.2 Å². The van der Waals surface area contributed by atoms with Crippen LogP contribution in [0.1, 0.15) is 24.3 Å². The Bertz CT molecular complexity index is 1110. The number of para-hydroxylation sites is 2. The first-order valence-electron chi connectivity index (χ1n) is 9.42. The molecule has 2 aromatic heterocycles. The van der Waals surface area contributed by atoms with Gasteiger partial charge in [0, 0.05) is 12.6 Å². The fourth-order valence-electron chi connectivity index (χ4n) is 3.69. The minimum absolute atomic E-state index is 0. The van der Waals surface area contributed by atoms with Crippen molar-refractivity contribution in [3.63, 3.8) is 0 Å². The van der Waals surface area contributed by atoms with Gasteiger partial charge < -0.3 is 4.57 Å². The average Bonchev–Trinajstić information content (AvgIpc) is 3.23. The second-order valence-corrected chi connectivity index (χ2v) is 6.74. The van der Waals surface area contributed by atoms with Crippen LogP contribution in [0.5, 0.6) is 0 Å². The maximum atomic E-state index is 13.4. The molecule has 0 spiro atoms. The highest BCUT2D eigenvalue weighted by atomic mass is 35.5. The standard InChI is InChI=1S/C22H24N4O.2ClH/c1-4-25(5-2)15-19(27)21-20(16-11-7-6-8-12-16)23-22-24(3)17-13-9-10-14-18(17)26(21)22;;/h6-14H,4-5,15H2,1-3H3;2*1H. The monoisotopic (exact) mass is 432 g/mol. The van der Waals surface area contributed by atoms with Crippen LogP contribution in [0.15, 0.2) is 54.6 Å². The van der Waals surface area contributed by atoms with Crippen molar-refractivity contribution >= 4 is 47.4 Å². The smallest absolute Gasteiger partial charge is 0.215 e. The van der Waals surface area contributed by atoms with Crippen LogP contribution < -0.4 is 0 Å². The van der Waals surface area contributed by atoms with Crippen molar-refractivity contribution in [2.24, 2.45) is 7.05 Å². The molecule has 0 amide bonds. The van der Waals surface area contributed by atoms with E-state index in [1.807, 2.05) is 60.0 Å². The van der Waals surface area contributed by atoms with Crippen LogP contribution in [-0.4, -0.2) is 44.3 Å². The highest BCUT2D eigenvalue weighted by molar-refractivity contribution is 6.04. The van der Waals surface area contributed by atoms with Crippen LogP contribution in [0.4, 0.5) is 0 Å².